The van der Waals surface area contributed by atoms with Crippen LogP contribution in [0.2, 0.25) is 0 Å². The Morgan fingerprint density at radius 1 is 1.36 bits per heavy atom. The van der Waals surface area contributed by atoms with E-state index >= 15 is 0 Å². The molecule has 11 heavy (non-hydrogen) atoms. The summed E-state index contributed by atoms with van der Waals surface area (Å²) in [6.45, 7) is 0. The normalized spacial score (nSPS) is 10.3. The highest BCUT2D eigenvalue weighted by Gasteiger charge is 2.00. The van der Waals surface area contributed by atoms with E-state index in [9.17, 15) is 0 Å². The van der Waals surface area contributed by atoms with E-state index in [0.717, 1.165) is 11.4 Å². The molecule has 2 rings (SSSR count). The molecule has 2 heterocycles. The van der Waals surface area contributed by atoms with Gasteiger partial charge in [0.25, 0.3) is 0 Å². The van der Waals surface area contributed by atoms with Gasteiger partial charge >= 0.3 is 0 Å². The van der Waals surface area contributed by atoms with E-state index in [4.69, 9.17) is 0 Å². The molecule has 0 spiro atoms. The van der Waals surface area contributed by atoms with Gasteiger partial charge in [-0.05, 0) is 0 Å². The van der Waals surface area contributed by atoms with Crippen LogP contribution in [-0.4, -0.2) is 14.5 Å². The molecule has 0 radical (unpaired) electrons. The number of hydrogen-bond acceptors (Lipinski definition) is 3. The van der Waals surface area contributed by atoms with Crippen LogP contribution in [0.4, 0.5) is 0 Å². The van der Waals surface area contributed by atoms with Crippen LogP contribution in [-0.2, 0) is 7.05 Å². The lowest BCUT2D eigenvalue weighted by Crippen LogP contribution is -1.78. The minimum Gasteiger partial charge on any atom is -0.340 e. The Morgan fingerprint density at radius 3 is 2.82 bits per heavy atom. The van der Waals surface area contributed by atoms with E-state index in [2.05, 4.69) is 9.97 Å². The van der Waals surface area contributed by atoms with Gasteiger partial charge in [-0.2, -0.15) is 0 Å². The van der Waals surface area contributed by atoms with Crippen molar-refractivity contribution in [3.8, 4) is 11.4 Å². The van der Waals surface area contributed by atoms with Crippen molar-refractivity contribution in [1.29, 1.82) is 0 Å². The van der Waals surface area contributed by atoms with E-state index in [1.807, 2.05) is 28.7 Å². The van der Waals surface area contributed by atoms with E-state index in [1.165, 1.54) is 0 Å². The number of rotatable bonds is 1. The maximum absolute atomic E-state index is 4.17. The molecule has 0 fully saturated rings. The number of nitrogens with zero attached hydrogens (tertiary/aromatic N) is 3. The van der Waals surface area contributed by atoms with Gasteiger partial charge in [-0.3, -0.25) is 0 Å². The molecule has 0 aliphatic carbocycles. The second-order valence-corrected chi connectivity index (χ2v) is 3.02. The molecule has 3 nitrogen and oxygen atoms in total. The van der Waals surface area contributed by atoms with Gasteiger partial charge in [-0.25, -0.2) is 9.97 Å². The fourth-order valence-corrected chi connectivity index (χ4v) is 1.43. The molecule has 0 unspecified atom stereocenters. The lowest BCUT2D eigenvalue weighted by molar-refractivity contribution is 0.913. The first-order chi connectivity index (χ1) is 5.36. The Labute approximate surface area is 68.4 Å². The molecule has 56 valence electrons. The first-order valence-corrected chi connectivity index (χ1v) is 4.17. The van der Waals surface area contributed by atoms with Gasteiger partial charge in [0.1, 0.15) is 11.4 Å². The Bertz CT molecular complexity index is 336. The number of hydrogen-bond donors (Lipinski definition) is 0. The highest BCUT2D eigenvalue weighted by Crippen LogP contribution is 2.15. The van der Waals surface area contributed by atoms with Gasteiger partial charge in [0, 0.05) is 18.6 Å². The van der Waals surface area contributed by atoms with Crippen molar-refractivity contribution in [1.82, 2.24) is 14.5 Å². The minimum absolute atomic E-state index is 0.939. The zero-order valence-corrected chi connectivity index (χ0v) is 6.88. The molecule has 0 aliphatic heterocycles. The second kappa shape index (κ2) is 2.47. The third-order valence-electron chi connectivity index (χ3n) is 1.40. The van der Waals surface area contributed by atoms with Crippen LogP contribution >= 0.6 is 11.3 Å². The smallest absolute Gasteiger partial charge is 0.107 e. The predicted molar refractivity (Wildman–Crippen MR) is 44.3 cm³/mol. The molecule has 0 saturated carbocycles. The standard InChI is InChI=1S/C7H7N3S/c1-10-2-6(8-4-10)7-3-11-5-9-7/h2-5H,1H3. The molecule has 0 saturated heterocycles. The summed E-state index contributed by atoms with van der Waals surface area (Å²) >= 11 is 1.58. The Kier molecular flexibility index (Phi) is 1.47. The second-order valence-electron chi connectivity index (χ2n) is 2.30. The topological polar surface area (TPSA) is 30.7 Å². The van der Waals surface area contributed by atoms with Crippen molar-refractivity contribution in [2.45, 2.75) is 0 Å². The SMILES string of the molecule is Cn1cnc(-c2cscn2)c1. The van der Waals surface area contributed by atoms with Crippen LogP contribution in [0.1, 0.15) is 0 Å². The zero-order valence-electron chi connectivity index (χ0n) is 6.06. The Balaban J connectivity index is 2.45. The van der Waals surface area contributed by atoms with Crippen LogP contribution in [0.5, 0.6) is 0 Å². The van der Waals surface area contributed by atoms with Crippen molar-refractivity contribution in [3.05, 3.63) is 23.4 Å². The number of aromatic nitrogens is 3. The third-order valence-corrected chi connectivity index (χ3v) is 1.99. The monoisotopic (exact) mass is 165 g/mol. The van der Waals surface area contributed by atoms with Gasteiger partial charge in [0.15, 0.2) is 0 Å². The molecule has 2 aromatic rings. The first-order valence-electron chi connectivity index (χ1n) is 3.23. The van der Waals surface area contributed by atoms with Crippen LogP contribution < -0.4 is 0 Å². The maximum atomic E-state index is 4.17. The van der Waals surface area contributed by atoms with Gasteiger partial charge in [0.2, 0.25) is 0 Å². The van der Waals surface area contributed by atoms with Gasteiger partial charge < -0.3 is 4.57 Å². The van der Waals surface area contributed by atoms with E-state index < -0.39 is 0 Å². The van der Waals surface area contributed by atoms with E-state index in [1.54, 1.807) is 17.7 Å². The van der Waals surface area contributed by atoms with Crippen molar-refractivity contribution in [3.63, 3.8) is 0 Å². The van der Waals surface area contributed by atoms with Crippen molar-refractivity contribution >= 4 is 11.3 Å². The van der Waals surface area contributed by atoms with Gasteiger partial charge in [-0.15, -0.1) is 11.3 Å². The summed E-state index contributed by atoms with van der Waals surface area (Å²) in [7, 11) is 1.95. The molecule has 0 amide bonds. The van der Waals surface area contributed by atoms with Crippen molar-refractivity contribution < 1.29 is 0 Å². The van der Waals surface area contributed by atoms with E-state index in [0.29, 0.717) is 0 Å². The van der Waals surface area contributed by atoms with Crippen molar-refractivity contribution in [2.75, 3.05) is 0 Å². The molecular weight excluding hydrogens is 158 g/mol. The molecule has 2 aromatic heterocycles. The third kappa shape index (κ3) is 1.17. The summed E-state index contributed by atoms with van der Waals surface area (Å²) in [6, 6.07) is 0. The fourth-order valence-electron chi connectivity index (χ4n) is 0.884. The van der Waals surface area contributed by atoms with Crippen LogP contribution in [0, 0.1) is 0 Å². The van der Waals surface area contributed by atoms with Gasteiger partial charge in [0.05, 0.1) is 11.8 Å². The van der Waals surface area contributed by atoms with Crippen LogP contribution in [0.3, 0.4) is 0 Å². The summed E-state index contributed by atoms with van der Waals surface area (Å²) in [5.74, 6) is 0. The molecule has 0 atom stereocenters. The summed E-state index contributed by atoms with van der Waals surface area (Å²) < 4.78 is 1.91. The molecular formula is C7H7N3S. The number of thiazole rings is 1. The maximum Gasteiger partial charge on any atom is 0.107 e. The largest absolute Gasteiger partial charge is 0.340 e. The van der Waals surface area contributed by atoms with Crippen LogP contribution in [0.15, 0.2) is 23.4 Å². The quantitative estimate of drug-likeness (QED) is 0.641. The lowest BCUT2D eigenvalue weighted by atomic mass is 10.4. The lowest BCUT2D eigenvalue weighted by Gasteiger charge is -1.84. The number of imidazole rings is 1. The summed E-state index contributed by atoms with van der Waals surface area (Å²) in [5.41, 5.74) is 3.70. The zero-order chi connectivity index (χ0) is 7.68. The first kappa shape index (κ1) is 6.54. The summed E-state index contributed by atoms with van der Waals surface area (Å²) in [4.78, 5) is 8.31. The summed E-state index contributed by atoms with van der Waals surface area (Å²) in [6.07, 6.45) is 3.73. The van der Waals surface area contributed by atoms with Crippen molar-refractivity contribution in [2.24, 2.45) is 7.05 Å². The average molecular weight is 165 g/mol. The van der Waals surface area contributed by atoms with E-state index in [-0.39, 0.29) is 0 Å². The Hall–Kier alpha value is -1.16. The summed E-state index contributed by atoms with van der Waals surface area (Å²) in [5, 5.41) is 1.99. The molecule has 0 aromatic carbocycles. The average Bonchev–Trinajstić information content (AvgIpc) is 2.55. The highest BCUT2D eigenvalue weighted by atomic mass is 32.1. The minimum atomic E-state index is 0.939. The van der Waals surface area contributed by atoms with Gasteiger partial charge in [-0.1, -0.05) is 0 Å². The fraction of sp³-hybridized carbons (Fsp3) is 0.143. The molecule has 0 aliphatic rings. The molecule has 0 bridgehead atoms. The predicted octanol–water partition coefficient (Wildman–Crippen LogP) is 1.54. The molecule has 4 heteroatoms. The Morgan fingerprint density at radius 2 is 2.27 bits per heavy atom. The molecule has 0 N–H and O–H groups in total. The number of aryl methyl sites for hydroxylation is 1. The van der Waals surface area contributed by atoms with Crippen LogP contribution in [0.25, 0.3) is 11.4 Å². The highest BCUT2D eigenvalue weighted by molar-refractivity contribution is 7.07.